The van der Waals surface area contributed by atoms with Crippen LogP contribution in [0.3, 0.4) is 0 Å². The monoisotopic (exact) mass is 330 g/mol. The van der Waals surface area contributed by atoms with Gasteiger partial charge in [0.05, 0.1) is 20.8 Å². The van der Waals surface area contributed by atoms with E-state index >= 15 is 0 Å². The third-order valence-electron chi connectivity index (χ3n) is 3.48. The number of amides is 1. The van der Waals surface area contributed by atoms with Gasteiger partial charge in [0, 0.05) is 18.8 Å². The molecule has 2 aromatic rings. The highest BCUT2D eigenvalue weighted by Crippen LogP contribution is 2.14. The van der Waals surface area contributed by atoms with Crippen molar-refractivity contribution in [3.05, 3.63) is 53.7 Å². The predicted molar refractivity (Wildman–Crippen MR) is 89.9 cm³/mol. The molecule has 1 atom stereocenters. The summed E-state index contributed by atoms with van der Waals surface area (Å²) in [6.07, 6.45) is 1.09. The van der Waals surface area contributed by atoms with Gasteiger partial charge in [-0.15, -0.1) is 0 Å². The molecule has 1 N–H and O–H groups in total. The molecule has 24 heavy (non-hydrogen) atoms. The number of pyridine rings is 1. The Balaban J connectivity index is 1.81. The van der Waals surface area contributed by atoms with Crippen LogP contribution in [0.5, 0.6) is 11.6 Å². The van der Waals surface area contributed by atoms with Crippen LogP contribution in [-0.4, -0.2) is 31.2 Å². The third kappa shape index (κ3) is 5.24. The van der Waals surface area contributed by atoms with E-state index in [-0.39, 0.29) is 5.91 Å². The van der Waals surface area contributed by atoms with Crippen LogP contribution in [0, 0.1) is 0 Å². The van der Waals surface area contributed by atoms with Gasteiger partial charge in [-0.2, -0.15) is 0 Å². The summed E-state index contributed by atoms with van der Waals surface area (Å²) < 4.78 is 15.8. The summed E-state index contributed by atoms with van der Waals surface area (Å²) >= 11 is 0. The maximum absolute atomic E-state index is 12.1. The van der Waals surface area contributed by atoms with Crippen molar-refractivity contribution >= 4 is 5.91 Å². The van der Waals surface area contributed by atoms with Crippen molar-refractivity contribution in [2.24, 2.45) is 0 Å². The molecule has 1 amide bonds. The van der Waals surface area contributed by atoms with Crippen molar-refractivity contribution in [1.82, 2.24) is 10.3 Å². The number of nitrogens with one attached hydrogen (secondary N) is 1. The molecule has 0 bridgehead atoms. The standard InChI is InChI=1S/C18H22N2O4/c1-13(24-12-15-5-4-6-16(9-15)22-2)18(21)20-11-14-7-8-19-17(10-14)23-3/h4-10,13H,11-12H2,1-3H3,(H,20,21)/t13-/m0/s1. The number of hydrogen-bond donors (Lipinski definition) is 1. The van der Waals surface area contributed by atoms with Gasteiger partial charge in [-0.3, -0.25) is 4.79 Å². The second kappa shape index (κ2) is 8.88. The second-order valence-electron chi connectivity index (χ2n) is 5.23. The minimum absolute atomic E-state index is 0.173. The van der Waals surface area contributed by atoms with Crippen molar-refractivity contribution in [3.8, 4) is 11.6 Å². The smallest absolute Gasteiger partial charge is 0.249 e. The molecule has 0 saturated carbocycles. The molecule has 6 nitrogen and oxygen atoms in total. The summed E-state index contributed by atoms with van der Waals surface area (Å²) in [4.78, 5) is 16.1. The number of rotatable bonds is 8. The second-order valence-corrected chi connectivity index (χ2v) is 5.23. The first kappa shape index (κ1) is 17.7. The maximum atomic E-state index is 12.1. The summed E-state index contributed by atoms with van der Waals surface area (Å²) in [6.45, 7) is 2.46. The van der Waals surface area contributed by atoms with Gasteiger partial charge < -0.3 is 19.5 Å². The first-order valence-corrected chi connectivity index (χ1v) is 7.63. The molecule has 128 valence electrons. The van der Waals surface area contributed by atoms with Crippen molar-refractivity contribution < 1.29 is 19.0 Å². The number of carbonyl (C=O) groups excluding carboxylic acids is 1. The predicted octanol–water partition coefficient (Wildman–Crippen LogP) is 2.32. The molecule has 0 saturated heterocycles. The minimum atomic E-state index is -0.556. The largest absolute Gasteiger partial charge is 0.497 e. The van der Waals surface area contributed by atoms with Crippen LogP contribution in [0.25, 0.3) is 0 Å². The van der Waals surface area contributed by atoms with Crippen molar-refractivity contribution in [2.45, 2.75) is 26.2 Å². The van der Waals surface area contributed by atoms with Gasteiger partial charge in [0.15, 0.2) is 0 Å². The van der Waals surface area contributed by atoms with E-state index in [0.29, 0.717) is 19.0 Å². The Morgan fingerprint density at radius 2 is 2.00 bits per heavy atom. The highest BCUT2D eigenvalue weighted by atomic mass is 16.5. The summed E-state index contributed by atoms with van der Waals surface area (Å²) in [5, 5.41) is 2.84. The Morgan fingerprint density at radius 1 is 1.17 bits per heavy atom. The molecular weight excluding hydrogens is 308 g/mol. The van der Waals surface area contributed by atoms with E-state index in [2.05, 4.69) is 10.3 Å². The van der Waals surface area contributed by atoms with Crippen LogP contribution in [0.1, 0.15) is 18.1 Å². The summed E-state index contributed by atoms with van der Waals surface area (Å²) in [5.74, 6) is 1.11. The first-order chi connectivity index (χ1) is 11.6. The van der Waals surface area contributed by atoms with Gasteiger partial charge >= 0.3 is 0 Å². The Labute approximate surface area is 141 Å². The van der Waals surface area contributed by atoms with E-state index in [1.165, 1.54) is 0 Å². The summed E-state index contributed by atoms with van der Waals surface area (Å²) in [7, 11) is 3.17. The molecule has 0 aliphatic heterocycles. The van der Waals surface area contributed by atoms with Gasteiger partial charge in [-0.05, 0) is 36.2 Å². The van der Waals surface area contributed by atoms with E-state index in [1.807, 2.05) is 30.3 Å². The normalized spacial score (nSPS) is 11.6. The SMILES string of the molecule is COc1cccc(CO[C@@H](C)C(=O)NCc2ccnc(OC)c2)c1. The third-order valence-corrected chi connectivity index (χ3v) is 3.48. The van der Waals surface area contributed by atoms with Gasteiger partial charge in [0.1, 0.15) is 11.9 Å². The van der Waals surface area contributed by atoms with Gasteiger partial charge in [-0.1, -0.05) is 12.1 Å². The lowest BCUT2D eigenvalue weighted by molar-refractivity contribution is -0.132. The molecule has 6 heteroatoms. The molecule has 1 heterocycles. The topological polar surface area (TPSA) is 69.7 Å². The Morgan fingerprint density at radius 3 is 2.75 bits per heavy atom. The highest BCUT2D eigenvalue weighted by molar-refractivity contribution is 5.80. The number of aromatic nitrogens is 1. The molecule has 0 spiro atoms. The minimum Gasteiger partial charge on any atom is -0.497 e. The van der Waals surface area contributed by atoms with Crippen LogP contribution >= 0.6 is 0 Å². The van der Waals surface area contributed by atoms with E-state index in [0.717, 1.165) is 16.9 Å². The number of carbonyl (C=O) groups is 1. The van der Waals surface area contributed by atoms with Crippen molar-refractivity contribution in [3.63, 3.8) is 0 Å². The number of nitrogens with zero attached hydrogens (tertiary/aromatic N) is 1. The number of methoxy groups -OCH3 is 2. The number of ether oxygens (including phenoxy) is 3. The fraction of sp³-hybridized carbons (Fsp3) is 0.333. The molecule has 0 fully saturated rings. The zero-order valence-corrected chi connectivity index (χ0v) is 14.1. The van der Waals surface area contributed by atoms with Crippen LogP contribution < -0.4 is 14.8 Å². The lowest BCUT2D eigenvalue weighted by Gasteiger charge is -2.14. The van der Waals surface area contributed by atoms with E-state index < -0.39 is 6.10 Å². The molecule has 2 rings (SSSR count). The maximum Gasteiger partial charge on any atom is 0.249 e. The Hall–Kier alpha value is -2.60. The van der Waals surface area contributed by atoms with Crippen LogP contribution in [0.4, 0.5) is 0 Å². The van der Waals surface area contributed by atoms with Gasteiger partial charge in [0.25, 0.3) is 0 Å². The van der Waals surface area contributed by atoms with Crippen molar-refractivity contribution in [2.75, 3.05) is 14.2 Å². The lowest BCUT2D eigenvalue weighted by Crippen LogP contribution is -2.34. The first-order valence-electron chi connectivity index (χ1n) is 7.63. The molecule has 0 aliphatic rings. The molecule has 0 unspecified atom stereocenters. The molecule has 0 radical (unpaired) electrons. The lowest BCUT2D eigenvalue weighted by atomic mass is 10.2. The zero-order chi connectivity index (χ0) is 17.4. The number of benzene rings is 1. The zero-order valence-electron chi connectivity index (χ0n) is 14.1. The van der Waals surface area contributed by atoms with Crippen LogP contribution in [0.15, 0.2) is 42.6 Å². The van der Waals surface area contributed by atoms with E-state index in [1.54, 1.807) is 33.4 Å². The molecule has 1 aromatic carbocycles. The fourth-order valence-corrected chi connectivity index (χ4v) is 2.06. The average Bonchev–Trinajstić information content (AvgIpc) is 2.64. The van der Waals surface area contributed by atoms with Crippen molar-refractivity contribution in [1.29, 1.82) is 0 Å². The summed E-state index contributed by atoms with van der Waals surface area (Å²) in [6, 6.07) is 11.2. The van der Waals surface area contributed by atoms with Crippen LogP contribution in [-0.2, 0) is 22.7 Å². The number of hydrogen-bond acceptors (Lipinski definition) is 5. The highest BCUT2D eigenvalue weighted by Gasteiger charge is 2.13. The Bertz CT molecular complexity index is 676. The van der Waals surface area contributed by atoms with E-state index in [9.17, 15) is 4.79 Å². The summed E-state index contributed by atoms with van der Waals surface area (Å²) in [5.41, 5.74) is 1.86. The fourth-order valence-electron chi connectivity index (χ4n) is 2.06. The van der Waals surface area contributed by atoms with Gasteiger partial charge in [0.2, 0.25) is 11.8 Å². The van der Waals surface area contributed by atoms with Crippen LogP contribution in [0.2, 0.25) is 0 Å². The van der Waals surface area contributed by atoms with Gasteiger partial charge in [-0.25, -0.2) is 4.98 Å². The molecule has 1 aromatic heterocycles. The average molecular weight is 330 g/mol. The Kier molecular flexibility index (Phi) is 6.57. The molecular formula is C18H22N2O4. The quantitative estimate of drug-likeness (QED) is 0.804. The molecule has 0 aliphatic carbocycles. The van der Waals surface area contributed by atoms with E-state index in [4.69, 9.17) is 14.2 Å².